The molecule has 2 aromatic heterocycles. The number of nitrogens with one attached hydrogen (secondary N) is 1. The Balaban J connectivity index is 1.54. The number of nitrogens with zero attached hydrogens (tertiary/aromatic N) is 4. The van der Waals surface area contributed by atoms with Gasteiger partial charge in [-0.1, -0.05) is 6.07 Å². The van der Waals surface area contributed by atoms with Crippen molar-refractivity contribution in [1.29, 1.82) is 0 Å². The molecule has 2 aromatic carbocycles. The molecular formula is C20H16FN5O. The first-order valence-corrected chi connectivity index (χ1v) is 8.86. The molecule has 4 aromatic rings. The first-order chi connectivity index (χ1) is 13.2. The fraction of sp³-hybridized carbons (Fsp3) is 0.200. The van der Waals surface area contributed by atoms with Crippen molar-refractivity contribution in [2.75, 3.05) is 6.54 Å². The maximum absolute atomic E-state index is 13.5. The van der Waals surface area contributed by atoms with Gasteiger partial charge in [-0.2, -0.15) is 0 Å². The van der Waals surface area contributed by atoms with Crippen LogP contribution in [0.1, 0.15) is 35.1 Å². The number of para-hydroxylation sites is 1. The van der Waals surface area contributed by atoms with E-state index in [1.165, 1.54) is 12.1 Å². The van der Waals surface area contributed by atoms with Crippen LogP contribution in [0, 0.1) is 5.82 Å². The van der Waals surface area contributed by atoms with Crippen molar-refractivity contribution < 1.29 is 9.18 Å². The van der Waals surface area contributed by atoms with Crippen molar-refractivity contribution in [2.45, 2.75) is 18.9 Å². The third-order valence-electron chi connectivity index (χ3n) is 5.02. The summed E-state index contributed by atoms with van der Waals surface area (Å²) in [7, 11) is 0. The van der Waals surface area contributed by atoms with E-state index >= 15 is 0 Å². The lowest BCUT2D eigenvalue weighted by Crippen LogP contribution is -2.31. The predicted molar refractivity (Wildman–Crippen MR) is 98.6 cm³/mol. The van der Waals surface area contributed by atoms with Crippen molar-refractivity contribution in [3.8, 4) is 0 Å². The SMILES string of the molecule is O=C(c1cccc2nccnc12)N1CCCC1c1nc2ccc(F)cc2[nH]1. The number of fused-ring (bicyclic) bond motifs is 2. The Hall–Kier alpha value is -3.35. The van der Waals surface area contributed by atoms with Crippen molar-refractivity contribution in [3.05, 3.63) is 66.0 Å². The third kappa shape index (κ3) is 2.63. The maximum atomic E-state index is 13.5. The zero-order valence-electron chi connectivity index (χ0n) is 14.4. The molecule has 7 heteroatoms. The van der Waals surface area contributed by atoms with Gasteiger partial charge in [-0.05, 0) is 43.2 Å². The summed E-state index contributed by atoms with van der Waals surface area (Å²) >= 11 is 0. The summed E-state index contributed by atoms with van der Waals surface area (Å²) in [5.74, 6) is 0.286. The van der Waals surface area contributed by atoms with Gasteiger partial charge in [0.25, 0.3) is 5.91 Å². The lowest BCUT2D eigenvalue weighted by atomic mass is 10.1. The molecular weight excluding hydrogens is 345 g/mol. The Labute approximate surface area is 154 Å². The molecule has 1 saturated heterocycles. The van der Waals surface area contributed by atoms with Gasteiger partial charge in [-0.3, -0.25) is 14.8 Å². The van der Waals surface area contributed by atoms with Crippen LogP contribution in [0.5, 0.6) is 0 Å². The Bertz CT molecular complexity index is 1170. The van der Waals surface area contributed by atoms with Gasteiger partial charge in [0.15, 0.2) is 0 Å². The zero-order chi connectivity index (χ0) is 18.4. The van der Waals surface area contributed by atoms with Crippen molar-refractivity contribution in [2.24, 2.45) is 0 Å². The van der Waals surface area contributed by atoms with Crippen LogP contribution in [0.2, 0.25) is 0 Å². The van der Waals surface area contributed by atoms with Gasteiger partial charge >= 0.3 is 0 Å². The van der Waals surface area contributed by atoms with E-state index in [0.29, 0.717) is 40.0 Å². The number of benzene rings is 2. The minimum Gasteiger partial charge on any atom is -0.340 e. The largest absolute Gasteiger partial charge is 0.340 e. The van der Waals surface area contributed by atoms with E-state index in [1.54, 1.807) is 24.5 Å². The zero-order valence-corrected chi connectivity index (χ0v) is 14.4. The number of carbonyl (C=O) groups excluding carboxylic acids is 1. The van der Waals surface area contributed by atoms with Crippen LogP contribution < -0.4 is 0 Å². The molecule has 1 aliphatic heterocycles. The Morgan fingerprint density at radius 2 is 2.04 bits per heavy atom. The molecule has 1 atom stereocenters. The summed E-state index contributed by atoms with van der Waals surface area (Å²) in [4.78, 5) is 31.5. The number of hydrogen-bond donors (Lipinski definition) is 1. The summed E-state index contributed by atoms with van der Waals surface area (Å²) in [6.45, 7) is 0.644. The fourth-order valence-corrected chi connectivity index (χ4v) is 3.77. The maximum Gasteiger partial charge on any atom is 0.256 e. The summed E-state index contributed by atoms with van der Waals surface area (Å²) in [6.07, 6.45) is 4.90. The lowest BCUT2D eigenvalue weighted by Gasteiger charge is -2.23. The topological polar surface area (TPSA) is 74.8 Å². The van der Waals surface area contributed by atoms with Crippen LogP contribution in [-0.2, 0) is 0 Å². The standard InChI is InChI=1S/C20H16FN5O/c21-12-6-7-14-16(11-12)25-19(24-14)17-5-2-10-26(17)20(27)13-3-1-4-15-18(13)23-9-8-22-15/h1,3-4,6-9,11,17H,2,5,10H2,(H,24,25). The molecule has 3 heterocycles. The number of hydrogen-bond acceptors (Lipinski definition) is 4. The monoisotopic (exact) mass is 361 g/mol. The van der Waals surface area contributed by atoms with Crippen LogP contribution in [-0.4, -0.2) is 37.3 Å². The average Bonchev–Trinajstić information content (AvgIpc) is 3.33. The number of carbonyl (C=O) groups is 1. The van der Waals surface area contributed by atoms with E-state index in [1.807, 2.05) is 17.0 Å². The minimum atomic E-state index is -0.314. The number of rotatable bonds is 2. The van der Waals surface area contributed by atoms with Gasteiger partial charge in [-0.15, -0.1) is 0 Å². The molecule has 1 unspecified atom stereocenters. The molecule has 0 saturated carbocycles. The lowest BCUT2D eigenvalue weighted by molar-refractivity contribution is 0.0732. The first kappa shape index (κ1) is 15.9. The molecule has 0 aliphatic carbocycles. The fourth-order valence-electron chi connectivity index (χ4n) is 3.77. The second kappa shape index (κ2) is 6.12. The van der Waals surface area contributed by atoms with Gasteiger partial charge in [0.1, 0.15) is 17.2 Å². The van der Waals surface area contributed by atoms with E-state index in [4.69, 9.17) is 0 Å². The number of halogens is 1. The van der Waals surface area contributed by atoms with E-state index in [-0.39, 0.29) is 17.8 Å². The van der Waals surface area contributed by atoms with Crippen molar-refractivity contribution in [1.82, 2.24) is 24.8 Å². The van der Waals surface area contributed by atoms with Gasteiger partial charge < -0.3 is 9.88 Å². The molecule has 5 rings (SSSR count). The van der Waals surface area contributed by atoms with Crippen LogP contribution in [0.4, 0.5) is 4.39 Å². The molecule has 6 nitrogen and oxygen atoms in total. The van der Waals surface area contributed by atoms with E-state index in [9.17, 15) is 9.18 Å². The molecule has 134 valence electrons. The molecule has 1 amide bonds. The number of likely N-dealkylation sites (tertiary alicyclic amines) is 1. The Morgan fingerprint density at radius 3 is 2.96 bits per heavy atom. The second-order valence-electron chi connectivity index (χ2n) is 6.67. The van der Waals surface area contributed by atoms with Crippen LogP contribution in [0.3, 0.4) is 0 Å². The summed E-state index contributed by atoms with van der Waals surface area (Å²) in [6, 6.07) is 9.73. The molecule has 1 N–H and O–H groups in total. The van der Waals surface area contributed by atoms with Gasteiger partial charge in [0.2, 0.25) is 0 Å². The predicted octanol–water partition coefficient (Wildman–Crippen LogP) is 3.62. The second-order valence-corrected chi connectivity index (χ2v) is 6.67. The molecule has 0 spiro atoms. The quantitative estimate of drug-likeness (QED) is 0.592. The number of aromatic amines is 1. The Kier molecular flexibility index (Phi) is 3.60. The first-order valence-electron chi connectivity index (χ1n) is 8.86. The number of amides is 1. The average molecular weight is 361 g/mol. The smallest absolute Gasteiger partial charge is 0.256 e. The molecule has 0 radical (unpaired) electrons. The molecule has 0 bridgehead atoms. The van der Waals surface area contributed by atoms with Crippen LogP contribution in [0.15, 0.2) is 48.8 Å². The van der Waals surface area contributed by atoms with Gasteiger partial charge in [0, 0.05) is 18.9 Å². The highest BCUT2D eigenvalue weighted by Crippen LogP contribution is 2.33. The van der Waals surface area contributed by atoms with Gasteiger partial charge in [-0.25, -0.2) is 9.37 Å². The van der Waals surface area contributed by atoms with E-state index in [2.05, 4.69) is 19.9 Å². The van der Waals surface area contributed by atoms with E-state index < -0.39 is 0 Å². The van der Waals surface area contributed by atoms with Crippen LogP contribution in [0.25, 0.3) is 22.1 Å². The molecule has 1 aliphatic rings. The minimum absolute atomic E-state index is 0.0877. The van der Waals surface area contributed by atoms with E-state index in [0.717, 1.165) is 12.8 Å². The normalized spacial score (nSPS) is 17.1. The Morgan fingerprint density at radius 1 is 1.15 bits per heavy atom. The highest BCUT2D eigenvalue weighted by Gasteiger charge is 2.33. The number of aromatic nitrogens is 4. The third-order valence-corrected chi connectivity index (χ3v) is 5.02. The van der Waals surface area contributed by atoms with Crippen LogP contribution >= 0.6 is 0 Å². The van der Waals surface area contributed by atoms with Gasteiger partial charge in [0.05, 0.1) is 28.2 Å². The summed E-state index contributed by atoms with van der Waals surface area (Å²) in [5, 5.41) is 0. The molecule has 27 heavy (non-hydrogen) atoms. The van der Waals surface area contributed by atoms with Crippen molar-refractivity contribution >= 4 is 28.0 Å². The highest BCUT2D eigenvalue weighted by molar-refractivity contribution is 6.04. The molecule has 1 fully saturated rings. The summed E-state index contributed by atoms with van der Waals surface area (Å²) in [5.41, 5.74) is 3.16. The highest BCUT2D eigenvalue weighted by atomic mass is 19.1. The van der Waals surface area contributed by atoms with Crippen molar-refractivity contribution in [3.63, 3.8) is 0 Å². The number of H-pyrrole nitrogens is 1. The summed E-state index contributed by atoms with van der Waals surface area (Å²) < 4.78 is 13.5. The number of imidazole rings is 1.